The van der Waals surface area contributed by atoms with Crippen molar-refractivity contribution in [1.82, 2.24) is 4.98 Å². The minimum absolute atomic E-state index is 0.0566. The van der Waals surface area contributed by atoms with Crippen LogP contribution in [0.1, 0.15) is 56.7 Å². The number of aromatic amines is 1. The van der Waals surface area contributed by atoms with Gasteiger partial charge in [0.2, 0.25) is 5.69 Å². The number of H-pyrrole nitrogens is 1. The van der Waals surface area contributed by atoms with Crippen molar-refractivity contribution in [2.45, 2.75) is 51.6 Å². The summed E-state index contributed by atoms with van der Waals surface area (Å²) in [5.41, 5.74) is 5.80. The minimum Gasteiger partial charge on any atom is -0.387 e. The molecule has 5 nitrogen and oxygen atoms in total. The number of para-hydroxylation sites is 1. The van der Waals surface area contributed by atoms with E-state index in [1.165, 1.54) is 11.3 Å². The van der Waals surface area contributed by atoms with Crippen molar-refractivity contribution in [2.24, 2.45) is 5.92 Å². The number of nitrogens with one attached hydrogen (secondary N) is 1. The van der Waals surface area contributed by atoms with Gasteiger partial charge in [-0.1, -0.05) is 32.0 Å². The molecule has 1 saturated carbocycles. The molecule has 2 unspecified atom stereocenters. The van der Waals surface area contributed by atoms with Crippen molar-refractivity contribution in [3.63, 3.8) is 0 Å². The van der Waals surface area contributed by atoms with Crippen LogP contribution in [-0.2, 0) is 10.2 Å². The third kappa shape index (κ3) is 3.33. The molecule has 2 atom stereocenters. The number of carbonyl (C=O) groups excluding carboxylic acids is 1. The van der Waals surface area contributed by atoms with Gasteiger partial charge in [-0.2, -0.15) is 9.84 Å². The van der Waals surface area contributed by atoms with Crippen molar-refractivity contribution in [3.8, 4) is 6.07 Å². The van der Waals surface area contributed by atoms with E-state index in [9.17, 15) is 15.2 Å². The highest BCUT2D eigenvalue weighted by molar-refractivity contribution is 6.16. The van der Waals surface area contributed by atoms with Crippen LogP contribution in [0.2, 0.25) is 0 Å². The molecule has 2 heterocycles. The SMILES string of the molecule is CC(C)CC[N+]1=C(C=C2C(=O)C(c3c[nH]c4ccc(C#N)cc34)C2O)C(C)(C)c2ccccc21. The van der Waals surface area contributed by atoms with Crippen LogP contribution in [-0.4, -0.2) is 38.8 Å². The zero-order chi connectivity index (χ0) is 24.2. The number of aliphatic hydroxyl groups is 1. The van der Waals surface area contributed by atoms with E-state index in [0.717, 1.165) is 35.1 Å². The Morgan fingerprint density at radius 2 is 2.00 bits per heavy atom. The zero-order valence-corrected chi connectivity index (χ0v) is 20.1. The van der Waals surface area contributed by atoms with Gasteiger partial charge in [-0.15, -0.1) is 0 Å². The molecule has 1 aliphatic heterocycles. The third-order valence-corrected chi connectivity index (χ3v) is 7.40. The van der Waals surface area contributed by atoms with Gasteiger partial charge in [-0.05, 0) is 43.5 Å². The molecule has 1 aliphatic carbocycles. The lowest BCUT2D eigenvalue weighted by Crippen LogP contribution is -2.44. The molecule has 0 saturated heterocycles. The summed E-state index contributed by atoms with van der Waals surface area (Å²) in [6.45, 7) is 9.67. The molecule has 2 aromatic carbocycles. The first kappa shape index (κ1) is 22.3. The first-order valence-electron chi connectivity index (χ1n) is 11.9. The van der Waals surface area contributed by atoms with Crippen LogP contribution in [0.25, 0.3) is 10.9 Å². The standard InChI is InChI=1S/C29H29N3O2/c1-17(2)11-12-32-24-8-6-5-7-22(24)29(3,4)25(32)14-20-27(33)26(28(20)34)21-16-31-23-10-9-18(15-30)13-19(21)23/h5-10,13-14,16-17,26-27,33H,11-12H2,1-4H3/p+1. The third-order valence-electron chi connectivity index (χ3n) is 7.40. The molecule has 5 rings (SSSR count). The van der Waals surface area contributed by atoms with Gasteiger partial charge in [0.1, 0.15) is 6.54 Å². The summed E-state index contributed by atoms with van der Waals surface area (Å²) < 4.78 is 2.32. The van der Waals surface area contributed by atoms with Crippen LogP contribution in [0.5, 0.6) is 0 Å². The van der Waals surface area contributed by atoms with Crippen LogP contribution >= 0.6 is 0 Å². The van der Waals surface area contributed by atoms with Gasteiger partial charge in [0.25, 0.3) is 0 Å². The lowest BCUT2D eigenvalue weighted by Gasteiger charge is -2.34. The number of benzene rings is 2. The van der Waals surface area contributed by atoms with E-state index in [1.54, 1.807) is 18.3 Å². The smallest absolute Gasteiger partial charge is 0.209 e. The summed E-state index contributed by atoms with van der Waals surface area (Å²) >= 11 is 0. The number of aliphatic hydroxyl groups excluding tert-OH is 1. The molecule has 2 N–H and O–H groups in total. The van der Waals surface area contributed by atoms with Crippen molar-refractivity contribution >= 4 is 28.1 Å². The second-order valence-corrected chi connectivity index (χ2v) is 10.4. The maximum absolute atomic E-state index is 13.4. The maximum atomic E-state index is 13.4. The maximum Gasteiger partial charge on any atom is 0.209 e. The quantitative estimate of drug-likeness (QED) is 0.417. The zero-order valence-electron chi connectivity index (χ0n) is 20.1. The van der Waals surface area contributed by atoms with E-state index in [1.807, 2.05) is 12.1 Å². The molecular formula is C29H30N3O2+. The molecule has 172 valence electrons. The van der Waals surface area contributed by atoms with Crippen LogP contribution in [0.4, 0.5) is 5.69 Å². The average molecular weight is 453 g/mol. The van der Waals surface area contributed by atoms with E-state index in [4.69, 9.17) is 0 Å². The van der Waals surface area contributed by atoms with Crippen LogP contribution in [0.15, 0.2) is 60.3 Å². The lowest BCUT2D eigenvalue weighted by atomic mass is 9.69. The Labute approximate surface area is 200 Å². The van der Waals surface area contributed by atoms with Gasteiger partial charge in [-0.3, -0.25) is 4.79 Å². The molecule has 3 aromatic rings. The molecule has 5 heteroatoms. The molecule has 1 fully saturated rings. The molecule has 0 spiro atoms. The van der Waals surface area contributed by atoms with Crippen LogP contribution < -0.4 is 0 Å². The number of ketones is 1. The normalized spacial score (nSPS) is 22.4. The van der Waals surface area contributed by atoms with Crippen LogP contribution in [0, 0.1) is 17.2 Å². The number of aromatic nitrogens is 1. The summed E-state index contributed by atoms with van der Waals surface area (Å²) in [6, 6.07) is 15.9. The number of nitriles is 1. The minimum atomic E-state index is -0.879. The molecule has 0 bridgehead atoms. The number of hydrogen-bond donors (Lipinski definition) is 2. The number of allylic oxidation sites excluding steroid dienone is 1. The second kappa shape index (κ2) is 8.07. The molecule has 2 aliphatic rings. The average Bonchev–Trinajstić information content (AvgIpc) is 3.32. The first-order chi connectivity index (χ1) is 16.2. The molecular weight excluding hydrogens is 422 g/mol. The van der Waals surface area contributed by atoms with Gasteiger partial charge < -0.3 is 10.1 Å². The fourth-order valence-corrected chi connectivity index (χ4v) is 5.37. The fraction of sp³-hybridized carbons (Fsp3) is 0.345. The highest BCUT2D eigenvalue weighted by atomic mass is 16.3. The van der Waals surface area contributed by atoms with Gasteiger partial charge in [0, 0.05) is 46.8 Å². The topological polar surface area (TPSA) is 79.9 Å². The van der Waals surface area contributed by atoms with Crippen molar-refractivity contribution in [3.05, 3.63) is 77.0 Å². The van der Waals surface area contributed by atoms with Gasteiger partial charge in [-0.25, -0.2) is 0 Å². The highest BCUT2D eigenvalue weighted by Crippen LogP contribution is 2.44. The van der Waals surface area contributed by atoms with Gasteiger partial charge in [0.05, 0.1) is 29.1 Å². The van der Waals surface area contributed by atoms with Gasteiger partial charge >= 0.3 is 0 Å². The predicted molar refractivity (Wildman–Crippen MR) is 134 cm³/mol. The number of Topliss-reactive ketones (excluding diaryl/α,β-unsaturated/α-hetero) is 1. The number of fused-ring (bicyclic) bond motifs is 2. The molecule has 34 heavy (non-hydrogen) atoms. The number of rotatable bonds is 5. The summed E-state index contributed by atoms with van der Waals surface area (Å²) in [5.74, 6) is -0.116. The number of hydrogen-bond acceptors (Lipinski definition) is 3. The van der Waals surface area contributed by atoms with E-state index in [-0.39, 0.29) is 11.2 Å². The number of carbonyl (C=O) groups is 1. The van der Waals surface area contributed by atoms with E-state index in [0.29, 0.717) is 17.1 Å². The summed E-state index contributed by atoms with van der Waals surface area (Å²) in [7, 11) is 0. The Morgan fingerprint density at radius 1 is 1.24 bits per heavy atom. The fourth-order valence-electron chi connectivity index (χ4n) is 5.37. The first-order valence-corrected chi connectivity index (χ1v) is 11.9. The Morgan fingerprint density at radius 3 is 2.71 bits per heavy atom. The van der Waals surface area contributed by atoms with Crippen LogP contribution in [0.3, 0.4) is 0 Å². The van der Waals surface area contributed by atoms with Crippen molar-refractivity contribution < 1.29 is 14.5 Å². The highest BCUT2D eigenvalue weighted by Gasteiger charge is 2.50. The van der Waals surface area contributed by atoms with E-state index >= 15 is 0 Å². The summed E-state index contributed by atoms with van der Waals surface area (Å²) in [5, 5.41) is 21.2. The van der Waals surface area contributed by atoms with Crippen molar-refractivity contribution in [1.29, 1.82) is 5.26 Å². The molecule has 0 amide bonds. The van der Waals surface area contributed by atoms with E-state index < -0.39 is 12.0 Å². The lowest BCUT2D eigenvalue weighted by molar-refractivity contribution is -0.439. The second-order valence-electron chi connectivity index (χ2n) is 10.4. The number of nitrogens with zero attached hydrogens (tertiary/aromatic N) is 2. The predicted octanol–water partition coefficient (Wildman–Crippen LogP) is 5.12. The van der Waals surface area contributed by atoms with Gasteiger partial charge in [0.15, 0.2) is 11.5 Å². The summed E-state index contributed by atoms with van der Waals surface area (Å²) in [6.07, 6.45) is 3.87. The Hall–Kier alpha value is -3.49. The Kier molecular flexibility index (Phi) is 5.30. The van der Waals surface area contributed by atoms with Crippen molar-refractivity contribution in [2.75, 3.05) is 6.54 Å². The molecule has 0 radical (unpaired) electrons. The summed E-state index contributed by atoms with van der Waals surface area (Å²) in [4.78, 5) is 16.5. The Bertz CT molecular complexity index is 1410. The molecule has 1 aromatic heterocycles. The monoisotopic (exact) mass is 452 g/mol. The largest absolute Gasteiger partial charge is 0.387 e. The van der Waals surface area contributed by atoms with E-state index in [2.05, 4.69) is 67.6 Å². The Balaban J connectivity index is 1.54.